The van der Waals surface area contributed by atoms with E-state index in [4.69, 9.17) is 9.47 Å². The van der Waals surface area contributed by atoms with Crippen molar-refractivity contribution in [3.05, 3.63) is 106 Å². The molecular weight excluding hydrogens is 781 g/mol. The van der Waals surface area contributed by atoms with Crippen molar-refractivity contribution in [3.63, 3.8) is 0 Å². The number of carbonyl (C=O) groups is 1. The van der Waals surface area contributed by atoms with Crippen molar-refractivity contribution in [2.24, 2.45) is 34.5 Å². The number of fused-ring (bicyclic) bond motifs is 3. The molecule has 1 aromatic carbocycles. The molecule has 5 aliphatic rings. The molecule has 1 heterocycles. The highest BCUT2D eigenvalue weighted by molar-refractivity contribution is 5.77. The number of nitrogens with one attached hydrogen (secondary N) is 2. The summed E-state index contributed by atoms with van der Waals surface area (Å²) in [6.07, 6.45) is 20.1. The largest absolute Gasteiger partial charge is 0.396 e. The van der Waals surface area contributed by atoms with Gasteiger partial charge in [0.15, 0.2) is 0 Å². The first kappa shape index (κ1) is 48.4. The summed E-state index contributed by atoms with van der Waals surface area (Å²) in [5, 5.41) is 63.6. The highest BCUT2D eigenvalue weighted by Gasteiger charge is 2.71. The lowest BCUT2D eigenvalue weighted by atomic mass is 9.40. The fourth-order valence-corrected chi connectivity index (χ4v) is 12.2. The normalized spacial score (nSPS) is 35.3. The first-order chi connectivity index (χ1) is 29.8. The molecule has 0 aromatic heterocycles. The number of hydrogen-bond acceptors (Lipinski definition) is 10. The van der Waals surface area contributed by atoms with Crippen LogP contribution < -0.4 is 10.6 Å². The summed E-state index contributed by atoms with van der Waals surface area (Å²) >= 11 is 0. The molecule has 0 radical (unpaired) electrons. The van der Waals surface area contributed by atoms with Crippen LogP contribution in [-0.4, -0.2) is 115 Å². The fraction of sp³-hybridized carbons (Fsp3) is 0.635. The zero-order chi connectivity index (χ0) is 44.5. The van der Waals surface area contributed by atoms with Crippen molar-refractivity contribution >= 4 is 6.29 Å². The Hall–Kier alpha value is -3.03. The standard InChI is InChI=1S/C52H76N2O8/c1-36-14-15-41(28-38-10-7-11-39(27-38)29-49(3,54-30-36)23-26-61-5)37(2)9-6-12-43(33-62-34-44(58)32-57)45-17-21-52(48(45)59)47-40(18-25-55)16-20-50(35-51(52,60)22-24-53-4)19-8-13-42(31-56)46(47)50/h6-7,9-12,14,16,20,27,31,40-41,44-45,47-48,53-55,57-60H,2,8,13,15,17-19,21-26,28-30,32-35H2,1,3-5H3/b9-6+,36-14+,43-12-/t40-,41-,44+,45-,47+,48+,49+,50+,51+,52+/m0/s1. The van der Waals surface area contributed by atoms with Crippen LogP contribution in [0.4, 0.5) is 0 Å². The van der Waals surface area contributed by atoms with Gasteiger partial charge in [-0.2, -0.15) is 0 Å². The molecule has 1 aliphatic heterocycles. The van der Waals surface area contributed by atoms with E-state index in [1.165, 1.54) is 16.7 Å². The van der Waals surface area contributed by atoms with Crippen LogP contribution in [0.1, 0.15) is 89.2 Å². The van der Waals surface area contributed by atoms with Crippen molar-refractivity contribution in [1.29, 1.82) is 0 Å². The van der Waals surface area contributed by atoms with Gasteiger partial charge in [0, 0.05) is 49.2 Å². The van der Waals surface area contributed by atoms with E-state index < -0.39 is 41.2 Å². The van der Waals surface area contributed by atoms with Gasteiger partial charge in [0.25, 0.3) is 0 Å². The molecule has 2 fully saturated rings. The maximum Gasteiger partial charge on any atom is 0.146 e. The van der Waals surface area contributed by atoms with Crippen LogP contribution in [0.25, 0.3) is 0 Å². The highest BCUT2D eigenvalue weighted by Crippen LogP contribution is 2.72. The van der Waals surface area contributed by atoms with Crippen LogP contribution >= 0.6 is 0 Å². The van der Waals surface area contributed by atoms with Crippen molar-refractivity contribution in [3.8, 4) is 0 Å². The summed E-state index contributed by atoms with van der Waals surface area (Å²) in [7, 11) is 3.63. The summed E-state index contributed by atoms with van der Waals surface area (Å²) in [6.45, 7) is 10.7. The van der Waals surface area contributed by atoms with E-state index in [2.05, 4.69) is 79.6 Å². The van der Waals surface area contributed by atoms with Gasteiger partial charge >= 0.3 is 0 Å². The summed E-state index contributed by atoms with van der Waals surface area (Å²) in [4.78, 5) is 12.8. The number of allylic oxidation sites excluding steroid dienone is 9. The number of ether oxygens (including phenoxy) is 2. The lowest BCUT2D eigenvalue weighted by Crippen LogP contribution is -2.67. The SMILES string of the molecule is C=C(/C=C/C=C(/COC[C@H](O)CO)[C@@H]1CC[C@]2([C@@H]1O)[C@H]1C3=C(C=O)CCC[C@@]3(C=C[C@H]1CCO)C[C@]2(O)CCNC)[C@H]1C/C=C(\C)CN[C@](C)(CCOC)Cc2cccc(c2)C1. The zero-order valence-electron chi connectivity index (χ0n) is 37.9. The van der Waals surface area contributed by atoms with Crippen LogP contribution in [0.15, 0.2) is 95.2 Å². The maximum atomic E-state index is 13.3. The van der Waals surface area contributed by atoms with Crippen LogP contribution in [0.5, 0.6) is 0 Å². The first-order valence-corrected chi connectivity index (χ1v) is 23.3. The van der Waals surface area contributed by atoms with E-state index in [0.29, 0.717) is 51.7 Å². The quantitative estimate of drug-likeness (QED) is 0.0540. The average Bonchev–Trinajstić information content (AvgIpc) is 3.61. The van der Waals surface area contributed by atoms with Crippen LogP contribution in [0.3, 0.4) is 0 Å². The van der Waals surface area contributed by atoms with E-state index in [9.17, 15) is 30.3 Å². The first-order valence-electron chi connectivity index (χ1n) is 23.3. The second-order valence-electron chi connectivity index (χ2n) is 19.6. The van der Waals surface area contributed by atoms with Gasteiger partial charge in [-0.15, -0.1) is 0 Å². The molecule has 1 spiro atoms. The second kappa shape index (κ2) is 21.3. The number of hydrogen-bond donors (Lipinski definition) is 7. The number of methoxy groups -OCH3 is 1. The molecule has 342 valence electrons. The minimum atomic E-state index is -1.26. The third-order valence-electron chi connectivity index (χ3n) is 15.4. The topological polar surface area (TPSA) is 161 Å². The number of aliphatic hydroxyl groups is 5. The third kappa shape index (κ3) is 10.2. The summed E-state index contributed by atoms with van der Waals surface area (Å²) in [5.74, 6) is -0.728. The third-order valence-corrected chi connectivity index (χ3v) is 15.4. The van der Waals surface area contributed by atoms with Gasteiger partial charge in [-0.3, -0.25) is 4.79 Å². The maximum absolute atomic E-state index is 13.3. The van der Waals surface area contributed by atoms with Gasteiger partial charge in [-0.1, -0.05) is 78.4 Å². The Morgan fingerprint density at radius 2 is 1.98 bits per heavy atom. The van der Waals surface area contributed by atoms with Crippen LogP contribution in [-0.2, 0) is 27.1 Å². The molecule has 10 atom stereocenters. The monoisotopic (exact) mass is 857 g/mol. The van der Waals surface area contributed by atoms with Crippen molar-refractivity contribution in [1.82, 2.24) is 10.6 Å². The molecule has 6 rings (SSSR count). The molecule has 10 nitrogen and oxygen atoms in total. The lowest BCUT2D eigenvalue weighted by Gasteiger charge is -2.66. The van der Waals surface area contributed by atoms with E-state index in [1.807, 2.05) is 19.2 Å². The molecule has 0 saturated heterocycles. The molecule has 1 aromatic rings. The minimum Gasteiger partial charge on any atom is -0.396 e. The van der Waals surface area contributed by atoms with E-state index in [-0.39, 0.29) is 43.1 Å². The fourth-order valence-electron chi connectivity index (χ4n) is 12.2. The van der Waals surface area contributed by atoms with Crippen LogP contribution in [0.2, 0.25) is 0 Å². The number of aldehydes is 1. The molecule has 7 N–H and O–H groups in total. The Morgan fingerprint density at radius 1 is 1.18 bits per heavy atom. The van der Waals surface area contributed by atoms with E-state index >= 15 is 0 Å². The summed E-state index contributed by atoms with van der Waals surface area (Å²) in [6, 6.07) is 8.88. The van der Waals surface area contributed by atoms with Gasteiger partial charge in [-0.25, -0.2) is 0 Å². The average molecular weight is 857 g/mol. The Morgan fingerprint density at radius 3 is 2.73 bits per heavy atom. The molecular formula is C52H76N2O8. The zero-order valence-corrected chi connectivity index (χ0v) is 37.9. The Labute approximate surface area is 371 Å². The van der Waals surface area contributed by atoms with Gasteiger partial charge in [0.05, 0.1) is 31.5 Å². The molecule has 4 aliphatic carbocycles. The number of rotatable bonds is 18. The molecule has 0 unspecified atom stereocenters. The van der Waals surface area contributed by atoms with Crippen molar-refractivity contribution in [2.45, 2.75) is 114 Å². The molecule has 4 bridgehead atoms. The minimum absolute atomic E-state index is 0.0411. The van der Waals surface area contributed by atoms with Crippen LogP contribution in [0, 0.1) is 34.5 Å². The number of aliphatic hydroxyl groups excluding tert-OH is 4. The Kier molecular flexibility index (Phi) is 16.6. The predicted molar refractivity (Wildman–Crippen MR) is 245 cm³/mol. The van der Waals surface area contributed by atoms with Gasteiger partial charge < -0.3 is 45.6 Å². The molecule has 2 saturated carbocycles. The lowest BCUT2D eigenvalue weighted by molar-refractivity contribution is -0.207. The van der Waals surface area contributed by atoms with Gasteiger partial charge in [0.1, 0.15) is 12.4 Å². The van der Waals surface area contributed by atoms with Crippen molar-refractivity contribution in [2.75, 3.05) is 60.3 Å². The van der Waals surface area contributed by atoms with E-state index in [1.54, 1.807) is 7.11 Å². The predicted octanol–water partition coefficient (Wildman–Crippen LogP) is 5.88. The summed E-state index contributed by atoms with van der Waals surface area (Å²) in [5.41, 5.74) is 4.69. The number of benzene rings is 1. The smallest absolute Gasteiger partial charge is 0.146 e. The van der Waals surface area contributed by atoms with E-state index in [0.717, 1.165) is 73.6 Å². The van der Waals surface area contributed by atoms with Gasteiger partial charge in [-0.05, 0) is 150 Å². The molecule has 62 heavy (non-hydrogen) atoms. The number of carbonyl (C=O) groups excluding carboxylic acids is 1. The van der Waals surface area contributed by atoms with Crippen molar-refractivity contribution < 1.29 is 39.8 Å². The summed E-state index contributed by atoms with van der Waals surface area (Å²) < 4.78 is 11.5. The van der Waals surface area contributed by atoms with Gasteiger partial charge in [0.2, 0.25) is 0 Å². The Balaban J connectivity index is 1.34. The highest BCUT2D eigenvalue weighted by atomic mass is 16.5. The molecule has 10 heteroatoms. The second-order valence-corrected chi connectivity index (χ2v) is 19.6. The Bertz CT molecular complexity index is 1870. The molecule has 0 amide bonds.